The Morgan fingerprint density at radius 2 is 1.81 bits per heavy atom. The molecule has 1 aromatic rings. The van der Waals surface area contributed by atoms with Gasteiger partial charge >= 0.3 is 0 Å². The molecule has 2 aliphatic rings. The predicted octanol–water partition coefficient (Wildman–Crippen LogP) is 3.36. The molecule has 1 heterocycles. The predicted molar refractivity (Wildman–Crippen MR) is 85.1 cm³/mol. The molecule has 0 amide bonds. The van der Waals surface area contributed by atoms with E-state index >= 15 is 0 Å². The van der Waals surface area contributed by atoms with Gasteiger partial charge in [-0.3, -0.25) is 4.90 Å². The third-order valence-electron chi connectivity index (χ3n) is 5.15. The number of benzene rings is 1. The van der Waals surface area contributed by atoms with Crippen LogP contribution in [0.15, 0.2) is 18.2 Å². The molecule has 116 valence electrons. The van der Waals surface area contributed by atoms with Gasteiger partial charge < -0.3 is 9.47 Å². The molecule has 1 saturated heterocycles. The lowest BCUT2D eigenvalue weighted by molar-refractivity contribution is 0.00729. The fourth-order valence-electron chi connectivity index (χ4n) is 3.87. The summed E-state index contributed by atoms with van der Waals surface area (Å²) in [5.74, 6) is 1.73. The molecule has 0 unspecified atom stereocenters. The van der Waals surface area contributed by atoms with Gasteiger partial charge in [-0.2, -0.15) is 0 Å². The molecule has 1 aliphatic carbocycles. The van der Waals surface area contributed by atoms with Gasteiger partial charge in [-0.25, -0.2) is 0 Å². The number of aryl methyl sites for hydroxylation is 1. The number of ether oxygens (including phenoxy) is 2. The first kappa shape index (κ1) is 14.9. The normalized spacial score (nSPS) is 27.5. The van der Waals surface area contributed by atoms with Crippen LogP contribution in [0.5, 0.6) is 5.75 Å². The smallest absolute Gasteiger partial charge is 0.121 e. The number of hydrogen-bond acceptors (Lipinski definition) is 3. The highest BCUT2D eigenvalue weighted by atomic mass is 16.5. The summed E-state index contributed by atoms with van der Waals surface area (Å²) in [6.45, 7) is 6.21. The Morgan fingerprint density at radius 3 is 2.43 bits per heavy atom. The maximum absolute atomic E-state index is 5.46. The van der Waals surface area contributed by atoms with Crippen molar-refractivity contribution in [2.75, 3.05) is 33.4 Å². The van der Waals surface area contributed by atoms with E-state index in [1.54, 1.807) is 7.11 Å². The Morgan fingerprint density at radius 1 is 1.10 bits per heavy atom. The lowest BCUT2D eigenvalue weighted by Crippen LogP contribution is -2.44. The second-order valence-corrected chi connectivity index (χ2v) is 6.38. The molecule has 1 aliphatic heterocycles. The minimum Gasteiger partial charge on any atom is -0.496 e. The van der Waals surface area contributed by atoms with Crippen LogP contribution in [-0.4, -0.2) is 44.4 Å². The average Bonchev–Trinajstić information content (AvgIpc) is 2.56. The highest BCUT2D eigenvalue weighted by Crippen LogP contribution is 2.36. The third kappa shape index (κ3) is 3.41. The zero-order valence-corrected chi connectivity index (χ0v) is 13.3. The quantitative estimate of drug-likeness (QED) is 0.851. The Bertz CT molecular complexity index is 460. The second-order valence-electron chi connectivity index (χ2n) is 6.38. The standard InChI is InChI=1S/C18H27NO2/c1-14-13-16(5-8-18(14)20-2)15-3-6-17(7-4-15)19-9-11-21-12-10-19/h5,8,13,15,17H,3-4,6-7,9-12H2,1-2H3. The van der Waals surface area contributed by atoms with Crippen molar-refractivity contribution in [1.29, 1.82) is 0 Å². The summed E-state index contributed by atoms with van der Waals surface area (Å²) in [6, 6.07) is 7.48. The SMILES string of the molecule is COc1ccc(C2CCC(N3CCOCC3)CC2)cc1C. The van der Waals surface area contributed by atoms with Crippen molar-refractivity contribution >= 4 is 0 Å². The Kier molecular flexibility index (Phi) is 4.81. The fraction of sp³-hybridized carbons (Fsp3) is 0.667. The van der Waals surface area contributed by atoms with Crippen LogP contribution in [0, 0.1) is 6.92 Å². The van der Waals surface area contributed by atoms with Crippen molar-refractivity contribution in [2.24, 2.45) is 0 Å². The van der Waals surface area contributed by atoms with E-state index in [1.807, 2.05) is 0 Å². The molecule has 0 bridgehead atoms. The lowest BCUT2D eigenvalue weighted by Gasteiger charge is -2.39. The van der Waals surface area contributed by atoms with E-state index in [9.17, 15) is 0 Å². The average molecular weight is 289 g/mol. The van der Waals surface area contributed by atoms with Crippen LogP contribution in [0.1, 0.15) is 42.7 Å². The first-order chi connectivity index (χ1) is 10.3. The molecule has 0 aromatic heterocycles. The van der Waals surface area contributed by atoms with Crippen molar-refractivity contribution in [3.8, 4) is 5.75 Å². The highest BCUT2D eigenvalue weighted by Gasteiger charge is 2.27. The van der Waals surface area contributed by atoms with E-state index in [0.717, 1.165) is 44.0 Å². The summed E-state index contributed by atoms with van der Waals surface area (Å²) in [4.78, 5) is 2.64. The van der Waals surface area contributed by atoms with Crippen molar-refractivity contribution in [2.45, 2.75) is 44.6 Å². The summed E-state index contributed by atoms with van der Waals surface area (Å²) < 4.78 is 10.8. The van der Waals surface area contributed by atoms with E-state index in [1.165, 1.54) is 36.8 Å². The minimum absolute atomic E-state index is 0.729. The summed E-state index contributed by atoms with van der Waals surface area (Å²) in [5.41, 5.74) is 2.75. The molecule has 0 N–H and O–H groups in total. The van der Waals surface area contributed by atoms with Crippen LogP contribution in [0.2, 0.25) is 0 Å². The molecule has 0 spiro atoms. The van der Waals surface area contributed by atoms with E-state index in [-0.39, 0.29) is 0 Å². The van der Waals surface area contributed by atoms with Crippen molar-refractivity contribution in [1.82, 2.24) is 4.90 Å². The molecule has 3 rings (SSSR count). The van der Waals surface area contributed by atoms with Gasteiger partial charge in [-0.05, 0) is 55.7 Å². The zero-order valence-electron chi connectivity index (χ0n) is 13.3. The van der Waals surface area contributed by atoms with Gasteiger partial charge in [0, 0.05) is 19.1 Å². The lowest BCUT2D eigenvalue weighted by atomic mass is 9.80. The molecular formula is C18H27NO2. The summed E-state index contributed by atoms with van der Waals surface area (Å²) in [7, 11) is 1.75. The molecule has 2 fully saturated rings. The maximum Gasteiger partial charge on any atom is 0.121 e. The number of methoxy groups -OCH3 is 1. The molecule has 1 aromatic carbocycles. The first-order valence-electron chi connectivity index (χ1n) is 8.24. The number of rotatable bonds is 3. The van der Waals surface area contributed by atoms with Crippen molar-refractivity contribution in [3.63, 3.8) is 0 Å². The first-order valence-corrected chi connectivity index (χ1v) is 8.24. The molecule has 0 atom stereocenters. The van der Waals surface area contributed by atoms with E-state index in [0.29, 0.717) is 0 Å². The Labute approximate surface area is 128 Å². The summed E-state index contributed by atoms with van der Waals surface area (Å²) in [6.07, 6.45) is 5.28. The zero-order chi connectivity index (χ0) is 14.7. The van der Waals surface area contributed by atoms with Gasteiger partial charge in [-0.15, -0.1) is 0 Å². The Balaban J connectivity index is 1.58. The van der Waals surface area contributed by atoms with E-state index in [4.69, 9.17) is 9.47 Å². The second kappa shape index (κ2) is 6.80. The molecular weight excluding hydrogens is 262 g/mol. The van der Waals surface area contributed by atoms with Crippen molar-refractivity contribution in [3.05, 3.63) is 29.3 Å². The monoisotopic (exact) mass is 289 g/mol. The molecule has 3 nitrogen and oxygen atoms in total. The third-order valence-corrected chi connectivity index (χ3v) is 5.15. The van der Waals surface area contributed by atoms with Gasteiger partial charge in [0.15, 0.2) is 0 Å². The van der Waals surface area contributed by atoms with Crippen LogP contribution in [0.25, 0.3) is 0 Å². The summed E-state index contributed by atoms with van der Waals surface area (Å²) in [5, 5.41) is 0. The molecule has 0 radical (unpaired) electrons. The van der Waals surface area contributed by atoms with Crippen molar-refractivity contribution < 1.29 is 9.47 Å². The van der Waals surface area contributed by atoms with Gasteiger partial charge in [0.2, 0.25) is 0 Å². The van der Waals surface area contributed by atoms with E-state index in [2.05, 4.69) is 30.0 Å². The number of morpholine rings is 1. The summed E-state index contributed by atoms with van der Waals surface area (Å²) >= 11 is 0. The van der Waals surface area contributed by atoms with Crippen LogP contribution in [-0.2, 0) is 4.74 Å². The van der Waals surface area contributed by atoms with Crippen LogP contribution in [0.4, 0.5) is 0 Å². The fourth-order valence-corrected chi connectivity index (χ4v) is 3.87. The van der Waals surface area contributed by atoms with Crippen LogP contribution >= 0.6 is 0 Å². The molecule has 1 saturated carbocycles. The minimum atomic E-state index is 0.729. The largest absolute Gasteiger partial charge is 0.496 e. The number of nitrogens with zero attached hydrogens (tertiary/aromatic N) is 1. The maximum atomic E-state index is 5.46. The van der Waals surface area contributed by atoms with Gasteiger partial charge in [-0.1, -0.05) is 12.1 Å². The van der Waals surface area contributed by atoms with Crippen LogP contribution < -0.4 is 4.74 Å². The van der Waals surface area contributed by atoms with Gasteiger partial charge in [0.25, 0.3) is 0 Å². The number of hydrogen-bond donors (Lipinski definition) is 0. The Hall–Kier alpha value is -1.06. The van der Waals surface area contributed by atoms with Gasteiger partial charge in [0.05, 0.1) is 20.3 Å². The van der Waals surface area contributed by atoms with Gasteiger partial charge in [0.1, 0.15) is 5.75 Å². The van der Waals surface area contributed by atoms with Crippen LogP contribution in [0.3, 0.4) is 0 Å². The topological polar surface area (TPSA) is 21.7 Å². The molecule has 3 heteroatoms. The highest BCUT2D eigenvalue weighted by molar-refractivity contribution is 5.37. The van der Waals surface area contributed by atoms with E-state index < -0.39 is 0 Å². The molecule has 21 heavy (non-hydrogen) atoms.